The van der Waals surface area contributed by atoms with Crippen LogP contribution in [-0.4, -0.2) is 4.98 Å². The quantitative estimate of drug-likeness (QED) is 0.761. The first-order valence-electron chi connectivity index (χ1n) is 6.90. The first kappa shape index (κ1) is 13.3. The van der Waals surface area contributed by atoms with Gasteiger partial charge in [0.1, 0.15) is 0 Å². The van der Waals surface area contributed by atoms with Crippen LogP contribution in [0.1, 0.15) is 42.7 Å². The number of benzene rings is 1. The largest absolute Gasteiger partial charge is 0.417 e. The summed E-state index contributed by atoms with van der Waals surface area (Å²) in [7, 11) is 0. The molecule has 4 heteroatoms. The van der Waals surface area contributed by atoms with Crippen molar-refractivity contribution in [3.63, 3.8) is 0 Å². The molecule has 2 aromatic rings. The molecule has 1 aromatic heterocycles. The number of hydrogen-bond donors (Lipinski definition) is 1. The molecule has 1 aromatic carbocycles. The van der Waals surface area contributed by atoms with E-state index in [4.69, 9.17) is 0 Å². The number of aromatic nitrogens is 1. The molecule has 0 unspecified atom stereocenters. The lowest BCUT2D eigenvalue weighted by molar-refractivity contribution is -0.137. The molecule has 0 atom stereocenters. The molecule has 0 radical (unpaired) electrons. The standard InChI is InChI=1S/C16H16F3N/c17-16(18,19)15-8-4-3-7-12(15)14-10-20-9-13(14)11-5-1-2-6-11/h3-4,7-11,20H,1-2,5-6H2. The Morgan fingerprint density at radius 1 is 0.950 bits per heavy atom. The Morgan fingerprint density at radius 2 is 1.65 bits per heavy atom. The van der Waals surface area contributed by atoms with Gasteiger partial charge in [-0.2, -0.15) is 13.2 Å². The number of halogens is 3. The van der Waals surface area contributed by atoms with Crippen molar-refractivity contribution < 1.29 is 13.2 Å². The van der Waals surface area contributed by atoms with Gasteiger partial charge < -0.3 is 4.98 Å². The lowest BCUT2D eigenvalue weighted by Gasteiger charge is -2.15. The number of nitrogens with one attached hydrogen (secondary N) is 1. The molecule has 1 fully saturated rings. The molecule has 1 aliphatic carbocycles. The van der Waals surface area contributed by atoms with Crippen LogP contribution in [0, 0.1) is 0 Å². The van der Waals surface area contributed by atoms with Crippen LogP contribution in [0.4, 0.5) is 13.2 Å². The minimum absolute atomic E-state index is 0.281. The van der Waals surface area contributed by atoms with Crippen LogP contribution < -0.4 is 0 Å². The van der Waals surface area contributed by atoms with Gasteiger partial charge in [-0.05, 0) is 36.0 Å². The molecule has 3 rings (SSSR count). The van der Waals surface area contributed by atoms with Crippen LogP contribution in [0.15, 0.2) is 36.7 Å². The third-order valence-corrected chi connectivity index (χ3v) is 4.10. The Bertz CT molecular complexity index is 592. The SMILES string of the molecule is FC(F)(F)c1ccccc1-c1c[nH]cc1C1CCCC1. The average Bonchev–Trinajstić information content (AvgIpc) is 3.08. The lowest BCUT2D eigenvalue weighted by Crippen LogP contribution is -2.07. The Kier molecular flexibility index (Phi) is 3.32. The third-order valence-electron chi connectivity index (χ3n) is 4.10. The maximum absolute atomic E-state index is 13.1. The number of aromatic amines is 1. The highest BCUT2D eigenvalue weighted by Gasteiger charge is 2.34. The lowest BCUT2D eigenvalue weighted by atomic mass is 9.91. The Balaban J connectivity index is 2.08. The fraction of sp³-hybridized carbons (Fsp3) is 0.375. The molecule has 0 aliphatic heterocycles. The summed E-state index contributed by atoms with van der Waals surface area (Å²) in [6.45, 7) is 0. The highest BCUT2D eigenvalue weighted by Crippen LogP contribution is 2.43. The Labute approximate surface area is 115 Å². The van der Waals surface area contributed by atoms with Crippen LogP contribution in [0.25, 0.3) is 11.1 Å². The fourth-order valence-corrected chi connectivity index (χ4v) is 3.15. The first-order chi connectivity index (χ1) is 9.57. The molecule has 0 bridgehead atoms. The molecule has 20 heavy (non-hydrogen) atoms. The van der Waals surface area contributed by atoms with Crippen LogP contribution in [0.3, 0.4) is 0 Å². The Morgan fingerprint density at radius 3 is 2.35 bits per heavy atom. The van der Waals surface area contributed by atoms with Crippen molar-refractivity contribution in [2.24, 2.45) is 0 Å². The summed E-state index contributed by atoms with van der Waals surface area (Å²) >= 11 is 0. The predicted octanol–water partition coefficient (Wildman–Crippen LogP) is 5.36. The maximum Gasteiger partial charge on any atom is 0.417 e. The zero-order chi connectivity index (χ0) is 14.2. The van der Waals surface area contributed by atoms with Crippen molar-refractivity contribution in [2.45, 2.75) is 37.8 Å². The van der Waals surface area contributed by atoms with Gasteiger partial charge in [0.15, 0.2) is 0 Å². The van der Waals surface area contributed by atoms with Crippen molar-refractivity contribution in [3.8, 4) is 11.1 Å². The second-order valence-electron chi connectivity index (χ2n) is 5.35. The normalized spacial score (nSPS) is 16.8. The highest BCUT2D eigenvalue weighted by atomic mass is 19.4. The van der Waals surface area contributed by atoms with Gasteiger partial charge >= 0.3 is 6.18 Å². The summed E-state index contributed by atoms with van der Waals surface area (Å²) in [5.41, 5.74) is 1.45. The summed E-state index contributed by atoms with van der Waals surface area (Å²) in [6.07, 6.45) is 3.70. The van der Waals surface area contributed by atoms with E-state index in [1.807, 2.05) is 6.20 Å². The van der Waals surface area contributed by atoms with Crippen molar-refractivity contribution in [2.75, 3.05) is 0 Å². The summed E-state index contributed by atoms with van der Waals surface area (Å²) in [4.78, 5) is 2.99. The second kappa shape index (κ2) is 5.00. The van der Waals surface area contributed by atoms with E-state index in [0.717, 1.165) is 37.3 Å². The number of H-pyrrole nitrogens is 1. The molecule has 1 saturated carbocycles. The summed E-state index contributed by atoms with van der Waals surface area (Å²) in [5, 5.41) is 0. The summed E-state index contributed by atoms with van der Waals surface area (Å²) < 4.78 is 39.4. The summed E-state index contributed by atoms with van der Waals surface area (Å²) in [6, 6.07) is 5.81. The highest BCUT2D eigenvalue weighted by molar-refractivity contribution is 5.71. The molecule has 1 heterocycles. The van der Waals surface area contributed by atoms with Gasteiger partial charge in [-0.3, -0.25) is 0 Å². The molecular formula is C16H16F3N. The molecule has 1 N–H and O–H groups in total. The van der Waals surface area contributed by atoms with E-state index in [9.17, 15) is 13.2 Å². The molecule has 0 amide bonds. The molecule has 1 nitrogen and oxygen atoms in total. The zero-order valence-electron chi connectivity index (χ0n) is 11.0. The van der Waals surface area contributed by atoms with Crippen molar-refractivity contribution in [3.05, 3.63) is 47.8 Å². The maximum atomic E-state index is 13.1. The van der Waals surface area contributed by atoms with E-state index >= 15 is 0 Å². The van der Waals surface area contributed by atoms with Gasteiger partial charge in [0, 0.05) is 18.0 Å². The van der Waals surface area contributed by atoms with E-state index in [1.54, 1.807) is 18.3 Å². The Hall–Kier alpha value is -1.71. The third kappa shape index (κ3) is 2.35. The predicted molar refractivity (Wildman–Crippen MR) is 72.4 cm³/mol. The molecule has 0 saturated heterocycles. The topological polar surface area (TPSA) is 15.8 Å². The van der Waals surface area contributed by atoms with Crippen molar-refractivity contribution in [1.82, 2.24) is 4.98 Å². The van der Waals surface area contributed by atoms with Gasteiger partial charge in [-0.25, -0.2) is 0 Å². The minimum Gasteiger partial charge on any atom is -0.367 e. The van der Waals surface area contributed by atoms with E-state index < -0.39 is 11.7 Å². The van der Waals surface area contributed by atoms with Gasteiger partial charge in [0.05, 0.1) is 5.56 Å². The molecular weight excluding hydrogens is 263 g/mol. The smallest absolute Gasteiger partial charge is 0.367 e. The molecule has 106 valence electrons. The zero-order valence-corrected chi connectivity index (χ0v) is 11.0. The average molecular weight is 279 g/mol. The van der Waals surface area contributed by atoms with E-state index in [0.29, 0.717) is 11.5 Å². The minimum atomic E-state index is -4.32. The fourth-order valence-electron chi connectivity index (χ4n) is 3.15. The molecule has 1 aliphatic rings. The van der Waals surface area contributed by atoms with Gasteiger partial charge in [0.25, 0.3) is 0 Å². The van der Waals surface area contributed by atoms with Gasteiger partial charge in [0.2, 0.25) is 0 Å². The van der Waals surface area contributed by atoms with Crippen molar-refractivity contribution >= 4 is 0 Å². The van der Waals surface area contributed by atoms with Crippen LogP contribution in [0.2, 0.25) is 0 Å². The van der Waals surface area contributed by atoms with E-state index in [2.05, 4.69) is 4.98 Å². The van der Waals surface area contributed by atoms with Gasteiger partial charge in [-0.15, -0.1) is 0 Å². The monoisotopic (exact) mass is 279 g/mol. The number of hydrogen-bond acceptors (Lipinski definition) is 0. The van der Waals surface area contributed by atoms with E-state index in [-0.39, 0.29) is 5.56 Å². The van der Waals surface area contributed by atoms with Crippen LogP contribution in [-0.2, 0) is 6.18 Å². The van der Waals surface area contributed by atoms with Crippen molar-refractivity contribution in [1.29, 1.82) is 0 Å². The number of alkyl halides is 3. The number of rotatable bonds is 2. The molecule has 0 spiro atoms. The summed E-state index contributed by atoms with van der Waals surface area (Å²) in [5.74, 6) is 0.387. The van der Waals surface area contributed by atoms with Crippen LogP contribution in [0.5, 0.6) is 0 Å². The van der Waals surface area contributed by atoms with Gasteiger partial charge in [-0.1, -0.05) is 31.0 Å². The van der Waals surface area contributed by atoms with Crippen LogP contribution >= 0.6 is 0 Å². The van der Waals surface area contributed by atoms with E-state index in [1.165, 1.54) is 6.07 Å². The second-order valence-corrected chi connectivity index (χ2v) is 5.35. The first-order valence-corrected chi connectivity index (χ1v) is 6.90.